The smallest absolute Gasteiger partial charge is 0.333 e. The molecule has 0 aliphatic rings. The summed E-state index contributed by atoms with van der Waals surface area (Å²) in [5.74, 6) is -0.369. The van der Waals surface area contributed by atoms with Crippen LogP contribution in [0.25, 0.3) is 0 Å². The van der Waals surface area contributed by atoms with E-state index in [2.05, 4.69) is 13.5 Å². The fraction of sp³-hybridized carbons (Fsp3) is 0.800. The molecule has 0 radical (unpaired) electrons. The van der Waals surface area contributed by atoms with Crippen molar-refractivity contribution in [3.63, 3.8) is 0 Å². The summed E-state index contributed by atoms with van der Waals surface area (Å²) in [6.07, 6.45) is 10.7. The highest BCUT2D eigenvalue weighted by molar-refractivity contribution is 5.87. The number of hydrogen-bond donors (Lipinski definition) is 1. The summed E-state index contributed by atoms with van der Waals surface area (Å²) in [7, 11) is 0. The third-order valence-corrected chi connectivity index (χ3v) is 2.95. The van der Waals surface area contributed by atoms with Gasteiger partial charge in [0.15, 0.2) is 0 Å². The van der Waals surface area contributed by atoms with Crippen LogP contribution < -0.4 is 0 Å². The van der Waals surface area contributed by atoms with E-state index in [0.717, 1.165) is 12.8 Å². The maximum Gasteiger partial charge on any atom is 0.333 e. The molecule has 106 valence electrons. The van der Waals surface area contributed by atoms with E-state index in [1.807, 2.05) is 0 Å². The largest absolute Gasteiger partial charge is 0.460 e. The van der Waals surface area contributed by atoms with Gasteiger partial charge in [0.25, 0.3) is 0 Å². The lowest BCUT2D eigenvalue weighted by Crippen LogP contribution is -2.10. The molecule has 0 saturated heterocycles. The summed E-state index contributed by atoms with van der Waals surface area (Å²) in [6, 6.07) is 0. The molecule has 3 heteroatoms. The number of unbranched alkanes of at least 4 members (excludes halogenated alkanes) is 7. The molecule has 0 atom stereocenters. The van der Waals surface area contributed by atoms with Crippen LogP contribution in [-0.4, -0.2) is 24.3 Å². The van der Waals surface area contributed by atoms with Gasteiger partial charge < -0.3 is 9.84 Å². The van der Waals surface area contributed by atoms with Crippen LogP contribution in [0.5, 0.6) is 0 Å². The zero-order valence-corrected chi connectivity index (χ0v) is 11.7. The zero-order valence-electron chi connectivity index (χ0n) is 11.7. The minimum absolute atomic E-state index is 0.0648. The van der Waals surface area contributed by atoms with Gasteiger partial charge in [-0.15, -0.1) is 0 Å². The first-order valence-electron chi connectivity index (χ1n) is 7.18. The number of hydrogen-bond acceptors (Lipinski definition) is 3. The second-order valence-corrected chi connectivity index (χ2v) is 4.69. The molecule has 0 aliphatic heterocycles. The summed E-state index contributed by atoms with van der Waals surface area (Å²) in [5.41, 5.74) is 0.523. The van der Waals surface area contributed by atoms with Gasteiger partial charge in [-0.3, -0.25) is 0 Å². The molecule has 0 fully saturated rings. The van der Waals surface area contributed by atoms with Gasteiger partial charge in [-0.2, -0.15) is 0 Å². The summed E-state index contributed by atoms with van der Waals surface area (Å²) >= 11 is 0. The molecule has 0 saturated carbocycles. The number of carbonyl (C=O) groups excluding carboxylic acids is 1. The highest BCUT2D eigenvalue weighted by atomic mass is 16.5. The molecule has 0 aliphatic carbocycles. The summed E-state index contributed by atoms with van der Waals surface area (Å²) in [4.78, 5) is 11.3. The van der Waals surface area contributed by atoms with Crippen molar-refractivity contribution in [2.75, 3.05) is 13.2 Å². The molecular formula is C15H28O3. The molecule has 0 aromatic heterocycles. The van der Waals surface area contributed by atoms with E-state index in [1.165, 1.54) is 38.5 Å². The standard InChI is InChI=1S/C15H28O3/c1-3-4-5-6-7-8-9-10-11-14(2)15(17)18-13-12-16/h16H,2-13H2,1H3. The van der Waals surface area contributed by atoms with Gasteiger partial charge in [0.05, 0.1) is 6.61 Å². The van der Waals surface area contributed by atoms with Crippen molar-refractivity contribution in [1.29, 1.82) is 0 Å². The number of carbonyl (C=O) groups is 1. The second kappa shape index (κ2) is 12.6. The van der Waals surface area contributed by atoms with E-state index < -0.39 is 0 Å². The minimum Gasteiger partial charge on any atom is -0.460 e. The quantitative estimate of drug-likeness (QED) is 0.329. The van der Waals surface area contributed by atoms with Gasteiger partial charge in [0, 0.05) is 5.57 Å². The van der Waals surface area contributed by atoms with Crippen molar-refractivity contribution in [2.45, 2.75) is 64.7 Å². The molecule has 0 rings (SSSR count). The van der Waals surface area contributed by atoms with E-state index in [1.54, 1.807) is 0 Å². The SMILES string of the molecule is C=C(CCCCCCCCCC)C(=O)OCCO. The Hall–Kier alpha value is -0.830. The Morgan fingerprint density at radius 1 is 1.06 bits per heavy atom. The first-order chi connectivity index (χ1) is 8.72. The molecule has 18 heavy (non-hydrogen) atoms. The molecule has 0 heterocycles. The Kier molecular flexibility index (Phi) is 12.0. The molecular weight excluding hydrogens is 228 g/mol. The van der Waals surface area contributed by atoms with Crippen LogP contribution in [-0.2, 0) is 9.53 Å². The molecule has 3 nitrogen and oxygen atoms in total. The molecule has 0 bridgehead atoms. The lowest BCUT2D eigenvalue weighted by Gasteiger charge is -2.05. The third-order valence-electron chi connectivity index (χ3n) is 2.95. The average molecular weight is 256 g/mol. The van der Waals surface area contributed by atoms with Crippen LogP contribution in [0.1, 0.15) is 64.7 Å². The van der Waals surface area contributed by atoms with Crippen molar-refractivity contribution < 1.29 is 14.6 Å². The first-order valence-corrected chi connectivity index (χ1v) is 7.18. The number of rotatable bonds is 12. The van der Waals surface area contributed by atoms with Crippen LogP contribution in [0.4, 0.5) is 0 Å². The minimum atomic E-state index is -0.369. The Bertz CT molecular complexity index is 224. The normalized spacial score (nSPS) is 10.3. The number of ether oxygens (including phenoxy) is 1. The molecule has 0 aromatic carbocycles. The predicted molar refractivity (Wildman–Crippen MR) is 74.4 cm³/mol. The average Bonchev–Trinajstić information content (AvgIpc) is 2.38. The van der Waals surface area contributed by atoms with Gasteiger partial charge in [-0.05, 0) is 12.8 Å². The Morgan fingerprint density at radius 3 is 2.17 bits per heavy atom. The van der Waals surface area contributed by atoms with Gasteiger partial charge in [0.1, 0.15) is 6.61 Å². The maximum atomic E-state index is 11.3. The van der Waals surface area contributed by atoms with E-state index in [4.69, 9.17) is 9.84 Å². The van der Waals surface area contributed by atoms with Crippen molar-refractivity contribution in [3.8, 4) is 0 Å². The predicted octanol–water partition coefficient (Wildman–Crippen LogP) is 3.61. The zero-order chi connectivity index (χ0) is 13.6. The third kappa shape index (κ3) is 10.3. The maximum absolute atomic E-state index is 11.3. The fourth-order valence-electron chi connectivity index (χ4n) is 1.81. The summed E-state index contributed by atoms with van der Waals surface area (Å²) in [6.45, 7) is 5.87. The lowest BCUT2D eigenvalue weighted by atomic mass is 10.1. The van der Waals surface area contributed by atoms with Crippen molar-refractivity contribution >= 4 is 5.97 Å². The number of aliphatic hydroxyl groups excluding tert-OH is 1. The van der Waals surface area contributed by atoms with Crippen LogP contribution >= 0.6 is 0 Å². The van der Waals surface area contributed by atoms with Crippen molar-refractivity contribution in [3.05, 3.63) is 12.2 Å². The van der Waals surface area contributed by atoms with E-state index in [9.17, 15) is 4.79 Å². The van der Waals surface area contributed by atoms with Crippen molar-refractivity contribution in [1.82, 2.24) is 0 Å². The van der Waals surface area contributed by atoms with Crippen LogP contribution in [0.15, 0.2) is 12.2 Å². The number of esters is 1. The molecule has 0 unspecified atom stereocenters. The van der Waals surface area contributed by atoms with Gasteiger partial charge >= 0.3 is 5.97 Å². The fourth-order valence-corrected chi connectivity index (χ4v) is 1.81. The van der Waals surface area contributed by atoms with Gasteiger partial charge in [0.2, 0.25) is 0 Å². The van der Waals surface area contributed by atoms with Gasteiger partial charge in [-0.25, -0.2) is 4.79 Å². The van der Waals surface area contributed by atoms with E-state index in [0.29, 0.717) is 12.0 Å². The molecule has 0 aromatic rings. The second-order valence-electron chi connectivity index (χ2n) is 4.69. The molecule has 0 amide bonds. The summed E-state index contributed by atoms with van der Waals surface area (Å²) < 4.78 is 4.79. The molecule has 0 spiro atoms. The van der Waals surface area contributed by atoms with E-state index >= 15 is 0 Å². The van der Waals surface area contributed by atoms with Crippen LogP contribution in [0.3, 0.4) is 0 Å². The van der Waals surface area contributed by atoms with Gasteiger partial charge in [-0.1, -0.05) is 58.4 Å². The highest BCUT2D eigenvalue weighted by Crippen LogP contribution is 2.12. The lowest BCUT2D eigenvalue weighted by molar-refractivity contribution is -0.140. The summed E-state index contributed by atoms with van der Waals surface area (Å²) in [5, 5.41) is 8.52. The van der Waals surface area contributed by atoms with Crippen molar-refractivity contribution in [2.24, 2.45) is 0 Å². The van der Waals surface area contributed by atoms with Crippen LogP contribution in [0, 0.1) is 0 Å². The first kappa shape index (κ1) is 17.2. The Balaban J connectivity index is 3.32. The molecule has 1 N–H and O–H groups in total. The van der Waals surface area contributed by atoms with E-state index in [-0.39, 0.29) is 19.2 Å². The number of aliphatic hydroxyl groups is 1. The topological polar surface area (TPSA) is 46.5 Å². The Morgan fingerprint density at radius 2 is 1.61 bits per heavy atom. The van der Waals surface area contributed by atoms with Crippen LogP contribution in [0.2, 0.25) is 0 Å². The monoisotopic (exact) mass is 256 g/mol. The highest BCUT2D eigenvalue weighted by Gasteiger charge is 2.07. The Labute approximate surface area is 111 Å².